The van der Waals surface area contributed by atoms with Crippen LogP contribution < -0.4 is 16.4 Å². The van der Waals surface area contributed by atoms with Gasteiger partial charge in [0, 0.05) is 24.9 Å². The Morgan fingerprint density at radius 3 is 2.59 bits per heavy atom. The van der Waals surface area contributed by atoms with Gasteiger partial charge in [0.25, 0.3) is 0 Å². The number of amides is 4. The summed E-state index contributed by atoms with van der Waals surface area (Å²) >= 11 is 0. The summed E-state index contributed by atoms with van der Waals surface area (Å²) in [6.45, 7) is 6.50. The number of primary amides is 1. The molecule has 152 valence electrons. The van der Waals surface area contributed by atoms with Gasteiger partial charge in [0.1, 0.15) is 12.1 Å². The predicted octanol–water partition coefficient (Wildman–Crippen LogP) is 0.156. The molecule has 0 aromatic carbocycles. The van der Waals surface area contributed by atoms with Crippen molar-refractivity contribution < 1.29 is 19.2 Å². The van der Waals surface area contributed by atoms with Crippen LogP contribution in [0, 0.1) is 17.8 Å². The predicted molar refractivity (Wildman–Crippen MR) is 100 cm³/mol. The summed E-state index contributed by atoms with van der Waals surface area (Å²) in [7, 11) is 0. The molecule has 4 amide bonds. The van der Waals surface area contributed by atoms with E-state index in [0.29, 0.717) is 25.8 Å². The van der Waals surface area contributed by atoms with Gasteiger partial charge in [-0.15, -0.1) is 0 Å². The maximum absolute atomic E-state index is 13.0. The fraction of sp³-hybridized carbons (Fsp3) is 0.789. The zero-order valence-corrected chi connectivity index (χ0v) is 16.5. The number of carbonyl (C=O) groups excluding carboxylic acids is 4. The molecule has 4 atom stereocenters. The molecule has 2 aliphatic rings. The smallest absolute Gasteiger partial charge is 0.247 e. The van der Waals surface area contributed by atoms with Crippen molar-refractivity contribution in [3.05, 3.63) is 0 Å². The van der Waals surface area contributed by atoms with E-state index in [0.717, 1.165) is 12.8 Å². The van der Waals surface area contributed by atoms with Crippen LogP contribution in [-0.4, -0.2) is 53.7 Å². The first-order chi connectivity index (χ1) is 12.8. The monoisotopic (exact) mass is 380 g/mol. The highest BCUT2D eigenvalue weighted by molar-refractivity contribution is 5.96. The Hall–Kier alpha value is -2.12. The second-order valence-corrected chi connectivity index (χ2v) is 8.03. The van der Waals surface area contributed by atoms with Crippen LogP contribution in [0.4, 0.5) is 0 Å². The van der Waals surface area contributed by atoms with Crippen LogP contribution in [0.5, 0.6) is 0 Å². The molecule has 0 aliphatic carbocycles. The highest BCUT2D eigenvalue weighted by Gasteiger charge is 2.42. The van der Waals surface area contributed by atoms with Gasteiger partial charge in [-0.05, 0) is 31.6 Å². The van der Waals surface area contributed by atoms with Gasteiger partial charge in [-0.2, -0.15) is 0 Å². The molecule has 2 saturated heterocycles. The van der Waals surface area contributed by atoms with Crippen molar-refractivity contribution in [3.8, 4) is 0 Å². The minimum Gasteiger partial charge on any atom is -0.369 e. The van der Waals surface area contributed by atoms with Gasteiger partial charge in [0.15, 0.2) is 0 Å². The third-order valence-corrected chi connectivity index (χ3v) is 5.45. The van der Waals surface area contributed by atoms with E-state index in [1.165, 1.54) is 0 Å². The molecule has 2 heterocycles. The first-order valence-corrected chi connectivity index (χ1v) is 9.94. The van der Waals surface area contributed by atoms with Gasteiger partial charge in [-0.1, -0.05) is 27.2 Å². The average Bonchev–Trinajstić information content (AvgIpc) is 3.06. The lowest BCUT2D eigenvalue weighted by Crippen LogP contribution is -2.53. The molecule has 0 spiro atoms. The zero-order chi connectivity index (χ0) is 20.1. The average molecular weight is 380 g/mol. The minimum atomic E-state index is -0.811. The normalized spacial score (nSPS) is 24.8. The van der Waals surface area contributed by atoms with Crippen molar-refractivity contribution in [2.75, 3.05) is 13.1 Å². The largest absolute Gasteiger partial charge is 0.369 e. The van der Waals surface area contributed by atoms with Gasteiger partial charge in [-0.25, -0.2) is 0 Å². The topological polar surface area (TPSA) is 122 Å². The molecule has 0 aromatic rings. The SMILES string of the molecule is CCC[C@@H](C(N)=O)[C@H](CC(C)C)C(=O)N[C@@H]1CNC(=O)[C@@H]2CCCN2C1=O. The quantitative estimate of drug-likeness (QED) is 0.555. The molecule has 2 aliphatic heterocycles. The van der Waals surface area contributed by atoms with E-state index in [-0.39, 0.29) is 30.2 Å². The highest BCUT2D eigenvalue weighted by Crippen LogP contribution is 2.26. The van der Waals surface area contributed by atoms with E-state index >= 15 is 0 Å². The summed E-state index contributed by atoms with van der Waals surface area (Å²) in [6, 6.07) is -1.25. The van der Waals surface area contributed by atoms with Crippen LogP contribution in [0.1, 0.15) is 52.9 Å². The number of hydrogen-bond acceptors (Lipinski definition) is 4. The van der Waals surface area contributed by atoms with Gasteiger partial charge < -0.3 is 21.3 Å². The standard InChI is InChI=1S/C19H32N4O4/c1-4-6-12(16(20)24)13(9-11(2)3)17(25)22-14-10-21-18(26)15-7-5-8-23(15)19(14)27/h11-15H,4-10H2,1-3H3,(H2,20,24)(H,21,26)(H,22,25)/t12-,13+,14-,15+/m1/s1. The molecule has 0 bridgehead atoms. The number of carbonyl (C=O) groups is 4. The number of nitrogens with two attached hydrogens (primary N) is 1. The van der Waals surface area contributed by atoms with Crippen LogP contribution in [0.2, 0.25) is 0 Å². The Bertz CT molecular complexity index is 592. The summed E-state index contributed by atoms with van der Waals surface area (Å²) in [5, 5.41) is 5.54. The van der Waals surface area contributed by atoms with Crippen molar-refractivity contribution >= 4 is 23.6 Å². The molecule has 0 aromatic heterocycles. The van der Waals surface area contributed by atoms with Gasteiger partial charge in [-0.3, -0.25) is 19.2 Å². The Morgan fingerprint density at radius 1 is 1.30 bits per heavy atom. The third kappa shape index (κ3) is 4.99. The minimum absolute atomic E-state index is 0.0693. The lowest BCUT2D eigenvalue weighted by atomic mass is 9.81. The van der Waals surface area contributed by atoms with E-state index in [1.54, 1.807) is 4.90 Å². The number of nitrogens with one attached hydrogen (secondary N) is 2. The Kier molecular flexibility index (Phi) is 7.21. The molecule has 2 rings (SSSR count). The summed E-state index contributed by atoms with van der Waals surface area (Å²) in [5.74, 6) is -2.18. The van der Waals surface area contributed by atoms with Crippen molar-refractivity contribution in [2.45, 2.75) is 65.0 Å². The van der Waals surface area contributed by atoms with Crippen LogP contribution in [0.25, 0.3) is 0 Å². The number of hydrogen-bond donors (Lipinski definition) is 3. The Balaban J connectivity index is 2.16. The van der Waals surface area contributed by atoms with E-state index < -0.39 is 29.8 Å². The van der Waals surface area contributed by atoms with Crippen LogP contribution >= 0.6 is 0 Å². The Labute approximate surface area is 160 Å². The summed E-state index contributed by atoms with van der Waals surface area (Å²) in [4.78, 5) is 51.5. The zero-order valence-electron chi connectivity index (χ0n) is 16.5. The Morgan fingerprint density at radius 2 is 2.00 bits per heavy atom. The molecule has 8 heteroatoms. The van der Waals surface area contributed by atoms with Crippen LogP contribution in [-0.2, 0) is 19.2 Å². The molecule has 0 radical (unpaired) electrons. The number of nitrogens with zero attached hydrogens (tertiary/aromatic N) is 1. The fourth-order valence-electron chi connectivity index (χ4n) is 4.12. The van der Waals surface area contributed by atoms with Crippen LogP contribution in [0.3, 0.4) is 0 Å². The molecule has 0 unspecified atom stereocenters. The van der Waals surface area contributed by atoms with Gasteiger partial charge in [0.2, 0.25) is 23.6 Å². The van der Waals surface area contributed by atoms with Crippen molar-refractivity contribution in [3.63, 3.8) is 0 Å². The highest BCUT2D eigenvalue weighted by atomic mass is 16.2. The lowest BCUT2D eigenvalue weighted by molar-refractivity contribution is -0.140. The van der Waals surface area contributed by atoms with E-state index in [4.69, 9.17) is 5.73 Å². The molecule has 27 heavy (non-hydrogen) atoms. The molecule has 4 N–H and O–H groups in total. The van der Waals surface area contributed by atoms with Gasteiger partial charge >= 0.3 is 0 Å². The second-order valence-electron chi connectivity index (χ2n) is 8.03. The second kappa shape index (κ2) is 9.19. The van der Waals surface area contributed by atoms with E-state index in [1.807, 2.05) is 20.8 Å². The van der Waals surface area contributed by atoms with E-state index in [9.17, 15) is 19.2 Å². The number of rotatable bonds is 8. The maximum atomic E-state index is 13.0. The fourth-order valence-corrected chi connectivity index (χ4v) is 4.12. The molecule has 8 nitrogen and oxygen atoms in total. The lowest BCUT2D eigenvalue weighted by Gasteiger charge is -2.28. The summed E-state index contributed by atoms with van der Waals surface area (Å²) in [5.41, 5.74) is 5.56. The summed E-state index contributed by atoms with van der Waals surface area (Å²) in [6.07, 6.45) is 3.21. The first-order valence-electron chi connectivity index (χ1n) is 9.94. The molecule has 2 fully saturated rings. The van der Waals surface area contributed by atoms with Crippen molar-refractivity contribution in [1.29, 1.82) is 0 Å². The van der Waals surface area contributed by atoms with E-state index in [2.05, 4.69) is 10.6 Å². The third-order valence-electron chi connectivity index (χ3n) is 5.45. The maximum Gasteiger partial charge on any atom is 0.247 e. The first kappa shape index (κ1) is 21.2. The van der Waals surface area contributed by atoms with Crippen molar-refractivity contribution in [2.24, 2.45) is 23.5 Å². The van der Waals surface area contributed by atoms with Crippen LogP contribution in [0.15, 0.2) is 0 Å². The van der Waals surface area contributed by atoms with Gasteiger partial charge in [0.05, 0.1) is 0 Å². The molecule has 0 saturated carbocycles. The number of fused-ring (bicyclic) bond motifs is 1. The summed E-state index contributed by atoms with van der Waals surface area (Å²) < 4.78 is 0. The molecular weight excluding hydrogens is 348 g/mol. The molecular formula is C19H32N4O4. The van der Waals surface area contributed by atoms with Crippen molar-refractivity contribution in [1.82, 2.24) is 15.5 Å².